The fourth-order valence-corrected chi connectivity index (χ4v) is 2.96. The van der Waals surface area contributed by atoms with Gasteiger partial charge in [-0.1, -0.05) is 49.4 Å². The van der Waals surface area contributed by atoms with Crippen LogP contribution >= 0.6 is 18.4 Å². The molecule has 1 nitrogen and oxygen atoms in total. The number of rotatable bonds is 5. The average Bonchev–Trinajstić information content (AvgIpc) is 2.41. The molecule has 0 aliphatic carbocycles. The van der Waals surface area contributed by atoms with Crippen LogP contribution in [0.3, 0.4) is 0 Å². The normalized spacial score (nSPS) is 11.2. The summed E-state index contributed by atoms with van der Waals surface area (Å²) >= 11 is 9.28. The predicted octanol–water partition coefficient (Wildman–Crippen LogP) is 4.92. The van der Waals surface area contributed by atoms with E-state index in [1.807, 2.05) is 18.2 Å². The second-order valence-electron chi connectivity index (χ2n) is 4.24. The Hall–Kier alpha value is -0.890. The zero-order valence-corrected chi connectivity index (χ0v) is 13.3. The van der Waals surface area contributed by atoms with Gasteiger partial charge in [-0.05, 0) is 23.6 Å². The first-order valence-electron chi connectivity index (χ1n) is 6.19. The highest BCUT2D eigenvalue weighted by molar-refractivity contribution is 8.54. The molecule has 2 rings (SSSR count). The smallest absolute Gasteiger partial charge is 0.265 e. The third-order valence-corrected chi connectivity index (χ3v) is 3.83. The van der Waals surface area contributed by atoms with Crippen molar-refractivity contribution >= 4 is 30.2 Å². The van der Waals surface area contributed by atoms with E-state index in [1.54, 1.807) is 0 Å². The van der Waals surface area contributed by atoms with Gasteiger partial charge in [-0.15, -0.1) is 0 Å². The lowest BCUT2D eigenvalue weighted by Gasteiger charge is -2.10. The first kappa shape index (κ1) is 14.5. The van der Waals surface area contributed by atoms with Crippen molar-refractivity contribution in [3.8, 4) is 5.75 Å². The van der Waals surface area contributed by atoms with Crippen molar-refractivity contribution in [2.45, 2.75) is 19.8 Å². The minimum Gasteiger partial charge on any atom is -0.265 e. The van der Waals surface area contributed by atoms with Crippen molar-refractivity contribution in [2.75, 3.05) is 0 Å². The highest BCUT2D eigenvalue weighted by Gasteiger charge is 2.15. The maximum atomic E-state index is 5.70. The molecule has 0 fully saturated rings. The van der Waals surface area contributed by atoms with Gasteiger partial charge < -0.3 is 0 Å². The Kier molecular flexibility index (Phi) is 5.38. The molecule has 1 unspecified atom stereocenters. The highest BCUT2D eigenvalue weighted by atomic mass is 32.9. The number of hydrogen-bond donors (Lipinski definition) is 1. The van der Waals surface area contributed by atoms with Crippen LogP contribution < -0.4 is 4.52 Å². The summed E-state index contributed by atoms with van der Waals surface area (Å²) in [5.41, 5.74) is 3.81. The summed E-state index contributed by atoms with van der Waals surface area (Å²) in [4.78, 5) is 0. The molecule has 0 saturated heterocycles. The van der Waals surface area contributed by atoms with Crippen molar-refractivity contribution in [3.05, 3.63) is 65.2 Å². The number of aryl methyl sites for hydroxylation is 1. The molecule has 0 aliphatic heterocycles. The quantitative estimate of drug-likeness (QED) is 0.620. The maximum absolute atomic E-state index is 5.70. The number of benzene rings is 2. The maximum Gasteiger partial charge on any atom is 0.459 e. The largest absolute Gasteiger partial charge is 0.459 e. The van der Waals surface area contributed by atoms with Gasteiger partial charge in [0.2, 0.25) is 11.8 Å². The lowest BCUT2D eigenvalue weighted by Crippen LogP contribution is -1.97. The summed E-state index contributed by atoms with van der Waals surface area (Å²) in [5.74, 6) is 0.874. The fraction of sp³-hybridized carbons (Fsp3) is 0.200. The minimum atomic E-state index is -1.11. The fourth-order valence-electron chi connectivity index (χ4n) is 2.11. The molecular weight excluding hydrogens is 291 g/mol. The summed E-state index contributed by atoms with van der Waals surface area (Å²) < 4.78 is 5.70. The molecule has 0 bridgehead atoms. The monoisotopic (exact) mass is 307 g/mol. The van der Waals surface area contributed by atoms with Crippen LogP contribution in [0.1, 0.15) is 23.6 Å². The molecule has 0 saturated carbocycles. The summed E-state index contributed by atoms with van der Waals surface area (Å²) in [6.45, 7) is 2.16. The van der Waals surface area contributed by atoms with Crippen molar-refractivity contribution in [2.24, 2.45) is 0 Å². The molecule has 0 heterocycles. The van der Waals surface area contributed by atoms with Crippen LogP contribution in [0.2, 0.25) is 0 Å². The zero-order valence-electron chi connectivity index (χ0n) is 10.7. The van der Waals surface area contributed by atoms with E-state index in [9.17, 15) is 0 Å². The second kappa shape index (κ2) is 7.04. The SMILES string of the molecule is CCc1cccc(O[P+](=S)S)c1Cc1ccccc1. The van der Waals surface area contributed by atoms with Gasteiger partial charge >= 0.3 is 6.13 Å². The molecular formula is C15H16OPS2+. The van der Waals surface area contributed by atoms with E-state index in [0.717, 1.165) is 18.6 Å². The molecule has 1 atom stereocenters. The van der Waals surface area contributed by atoms with Crippen molar-refractivity contribution in [3.63, 3.8) is 0 Å². The molecule has 2 aromatic rings. The predicted molar refractivity (Wildman–Crippen MR) is 89.0 cm³/mol. The van der Waals surface area contributed by atoms with Gasteiger partial charge in [-0.2, -0.15) is 0 Å². The molecule has 98 valence electrons. The first-order chi connectivity index (χ1) is 9.20. The van der Waals surface area contributed by atoms with Crippen molar-refractivity contribution < 1.29 is 4.52 Å². The van der Waals surface area contributed by atoms with Crippen LogP contribution in [-0.4, -0.2) is 0 Å². The molecule has 0 radical (unpaired) electrons. The topological polar surface area (TPSA) is 9.23 Å². The van der Waals surface area contributed by atoms with E-state index in [-0.39, 0.29) is 0 Å². The molecule has 2 aromatic carbocycles. The molecule has 0 amide bonds. The molecule has 0 N–H and O–H groups in total. The average molecular weight is 307 g/mol. The van der Waals surface area contributed by atoms with E-state index in [2.05, 4.69) is 49.5 Å². The summed E-state index contributed by atoms with van der Waals surface area (Å²) in [7, 11) is 0. The van der Waals surface area contributed by atoms with Gasteiger partial charge in [0.25, 0.3) is 0 Å². The summed E-state index contributed by atoms with van der Waals surface area (Å²) in [6.07, 6.45) is 0.748. The Morgan fingerprint density at radius 2 is 1.84 bits per heavy atom. The summed E-state index contributed by atoms with van der Waals surface area (Å²) in [5, 5.41) is 0. The number of hydrogen-bond acceptors (Lipinski definition) is 2. The molecule has 0 spiro atoms. The lowest BCUT2D eigenvalue weighted by atomic mass is 9.97. The van der Waals surface area contributed by atoms with Gasteiger partial charge in [0.05, 0.1) is 0 Å². The van der Waals surface area contributed by atoms with E-state index >= 15 is 0 Å². The van der Waals surface area contributed by atoms with Crippen molar-refractivity contribution in [1.82, 2.24) is 0 Å². The molecule has 4 heteroatoms. The zero-order chi connectivity index (χ0) is 13.7. The molecule has 19 heavy (non-hydrogen) atoms. The van der Waals surface area contributed by atoms with Gasteiger partial charge in [0, 0.05) is 12.0 Å². The molecule has 0 aliphatic rings. The van der Waals surface area contributed by atoms with Crippen LogP contribution in [-0.2, 0) is 24.6 Å². The van der Waals surface area contributed by atoms with Gasteiger partial charge in [-0.3, -0.25) is 4.52 Å². The lowest BCUT2D eigenvalue weighted by molar-refractivity contribution is 0.629. The first-order valence-corrected chi connectivity index (χ1v) is 9.62. The van der Waals surface area contributed by atoms with Crippen LogP contribution in [0.25, 0.3) is 0 Å². The minimum absolute atomic E-state index is 0.868. The van der Waals surface area contributed by atoms with E-state index < -0.39 is 6.13 Å². The Labute approximate surface area is 125 Å². The van der Waals surface area contributed by atoms with E-state index in [0.29, 0.717) is 0 Å². The Bertz CT molecular complexity index is 570. The van der Waals surface area contributed by atoms with Crippen LogP contribution in [0, 0.1) is 0 Å². The van der Waals surface area contributed by atoms with Gasteiger partial charge in [0.1, 0.15) is 12.2 Å². The Morgan fingerprint density at radius 3 is 2.47 bits per heavy atom. The third-order valence-electron chi connectivity index (χ3n) is 3.01. The van der Waals surface area contributed by atoms with Crippen LogP contribution in [0.5, 0.6) is 5.75 Å². The van der Waals surface area contributed by atoms with E-state index in [1.165, 1.54) is 16.7 Å². The Balaban J connectivity index is 2.38. The number of thiol groups is 1. The standard InChI is InChI=1S/C15H15OPS2/c1-2-13-9-6-10-15(16-17(18)19)14(13)11-12-7-4-3-5-8-12/h3-10H,2,11H2,1H3/p+1. The van der Waals surface area contributed by atoms with Crippen molar-refractivity contribution in [1.29, 1.82) is 0 Å². The van der Waals surface area contributed by atoms with Gasteiger partial charge in [-0.25, -0.2) is 0 Å². The highest BCUT2D eigenvalue weighted by Crippen LogP contribution is 2.35. The Morgan fingerprint density at radius 1 is 1.11 bits per heavy atom. The summed E-state index contributed by atoms with van der Waals surface area (Å²) in [6, 6.07) is 16.6. The van der Waals surface area contributed by atoms with Crippen LogP contribution in [0.15, 0.2) is 48.5 Å². The van der Waals surface area contributed by atoms with Gasteiger partial charge in [0.15, 0.2) is 5.75 Å². The third kappa shape index (κ3) is 4.04. The molecule has 0 aromatic heterocycles. The van der Waals surface area contributed by atoms with Crippen LogP contribution in [0.4, 0.5) is 0 Å². The van der Waals surface area contributed by atoms with E-state index in [4.69, 9.17) is 16.3 Å². The second-order valence-corrected chi connectivity index (χ2v) is 7.79.